The highest BCUT2D eigenvalue weighted by atomic mass is 19.2. The Kier molecular flexibility index (Phi) is 4.85. The first-order valence-corrected chi connectivity index (χ1v) is 6.65. The third-order valence-corrected chi connectivity index (χ3v) is 3.63. The summed E-state index contributed by atoms with van der Waals surface area (Å²) in [7, 11) is 3.30. The smallest absolute Gasteiger partial charge is 0.167 e. The van der Waals surface area contributed by atoms with Crippen molar-refractivity contribution in [3.8, 4) is 5.75 Å². The van der Waals surface area contributed by atoms with E-state index in [-0.39, 0.29) is 18.2 Å². The lowest BCUT2D eigenvalue weighted by atomic mass is 10.1. The van der Waals surface area contributed by atoms with Crippen LogP contribution in [0.15, 0.2) is 36.7 Å². The van der Waals surface area contributed by atoms with Gasteiger partial charge in [-0.1, -0.05) is 0 Å². The van der Waals surface area contributed by atoms with E-state index in [4.69, 9.17) is 4.74 Å². The second-order valence-electron chi connectivity index (χ2n) is 4.91. The maximum atomic E-state index is 14.0. The van der Waals surface area contributed by atoms with Gasteiger partial charge in [0, 0.05) is 30.5 Å². The fourth-order valence-electron chi connectivity index (χ4n) is 2.20. The third-order valence-electron chi connectivity index (χ3n) is 3.63. The minimum Gasteiger partial charge on any atom is -0.496 e. The molecule has 1 aromatic carbocycles. The van der Waals surface area contributed by atoms with E-state index >= 15 is 0 Å². The van der Waals surface area contributed by atoms with Crippen molar-refractivity contribution in [1.82, 2.24) is 9.88 Å². The summed E-state index contributed by atoms with van der Waals surface area (Å²) >= 11 is 0. The molecule has 0 saturated heterocycles. The molecule has 1 heterocycles. The molecule has 0 N–H and O–H groups in total. The number of rotatable bonds is 5. The molecule has 0 fully saturated rings. The fourth-order valence-corrected chi connectivity index (χ4v) is 2.20. The van der Waals surface area contributed by atoms with Gasteiger partial charge in [0.2, 0.25) is 0 Å². The molecule has 0 aliphatic heterocycles. The molecular formula is C16H18F2N2O. The Morgan fingerprint density at radius 2 is 1.86 bits per heavy atom. The second kappa shape index (κ2) is 6.63. The Bertz CT molecular complexity index is 605. The minimum atomic E-state index is -0.865. The van der Waals surface area contributed by atoms with Crippen molar-refractivity contribution in [2.75, 3.05) is 14.2 Å². The zero-order valence-electron chi connectivity index (χ0n) is 12.3. The van der Waals surface area contributed by atoms with Crippen LogP contribution in [0.1, 0.15) is 24.1 Å². The number of aromatic nitrogens is 1. The summed E-state index contributed by atoms with van der Waals surface area (Å²) in [5, 5.41) is 0. The van der Waals surface area contributed by atoms with Gasteiger partial charge < -0.3 is 4.74 Å². The number of halogens is 2. The van der Waals surface area contributed by atoms with Gasteiger partial charge in [-0.25, -0.2) is 8.78 Å². The van der Waals surface area contributed by atoms with Gasteiger partial charge in [0.15, 0.2) is 11.6 Å². The molecule has 0 aliphatic carbocycles. The fraction of sp³-hybridized carbons (Fsp3) is 0.312. The Morgan fingerprint density at radius 1 is 1.19 bits per heavy atom. The van der Waals surface area contributed by atoms with Crippen LogP contribution in [0.4, 0.5) is 8.78 Å². The van der Waals surface area contributed by atoms with Gasteiger partial charge in [-0.3, -0.25) is 9.88 Å². The molecule has 0 saturated carbocycles. The zero-order valence-corrected chi connectivity index (χ0v) is 12.3. The average molecular weight is 292 g/mol. The largest absolute Gasteiger partial charge is 0.496 e. The van der Waals surface area contributed by atoms with E-state index in [9.17, 15) is 8.78 Å². The normalized spacial score (nSPS) is 12.5. The summed E-state index contributed by atoms with van der Waals surface area (Å²) in [4.78, 5) is 5.90. The molecule has 0 bridgehead atoms. The molecule has 0 unspecified atom stereocenters. The number of hydrogen-bond acceptors (Lipinski definition) is 3. The van der Waals surface area contributed by atoms with Crippen LogP contribution in [0.5, 0.6) is 5.75 Å². The number of pyridine rings is 1. The standard InChI is InChI=1S/C16H18F2N2O/c1-11(12-6-8-19-9-7-12)20(2)10-13-15(21-3)5-4-14(17)16(13)18/h4-9,11H,10H2,1-3H3/t11-/m1/s1. The maximum absolute atomic E-state index is 14.0. The Hall–Kier alpha value is -2.01. The Morgan fingerprint density at radius 3 is 2.48 bits per heavy atom. The van der Waals surface area contributed by atoms with Crippen molar-refractivity contribution in [3.05, 3.63) is 59.4 Å². The molecule has 0 spiro atoms. The third kappa shape index (κ3) is 3.36. The first kappa shape index (κ1) is 15.4. The summed E-state index contributed by atoms with van der Waals surface area (Å²) in [6.45, 7) is 2.25. The molecule has 1 aromatic heterocycles. The van der Waals surface area contributed by atoms with Crippen LogP contribution < -0.4 is 4.74 Å². The summed E-state index contributed by atoms with van der Waals surface area (Å²) in [5.41, 5.74) is 1.28. The van der Waals surface area contributed by atoms with Gasteiger partial charge in [-0.2, -0.15) is 0 Å². The van der Waals surface area contributed by atoms with Gasteiger partial charge >= 0.3 is 0 Å². The predicted molar refractivity (Wildman–Crippen MR) is 77.0 cm³/mol. The van der Waals surface area contributed by atoms with Crippen LogP contribution in [0.2, 0.25) is 0 Å². The lowest BCUT2D eigenvalue weighted by molar-refractivity contribution is 0.243. The van der Waals surface area contributed by atoms with Crippen LogP contribution in [0.25, 0.3) is 0 Å². The predicted octanol–water partition coefficient (Wildman–Crippen LogP) is 3.56. The van der Waals surface area contributed by atoms with E-state index in [1.165, 1.54) is 13.2 Å². The van der Waals surface area contributed by atoms with Crippen molar-refractivity contribution in [3.63, 3.8) is 0 Å². The maximum Gasteiger partial charge on any atom is 0.167 e. The molecule has 1 atom stereocenters. The van der Waals surface area contributed by atoms with Gasteiger partial charge in [0.05, 0.1) is 7.11 Å². The SMILES string of the molecule is COc1ccc(F)c(F)c1CN(C)[C@H](C)c1ccncc1. The van der Waals surface area contributed by atoms with Crippen molar-refractivity contribution < 1.29 is 13.5 Å². The number of nitrogens with zero attached hydrogens (tertiary/aromatic N) is 2. The lowest BCUT2D eigenvalue weighted by Gasteiger charge is -2.26. The summed E-state index contributed by atoms with van der Waals surface area (Å²) in [5.74, 6) is -1.37. The molecule has 2 aromatic rings. The van der Waals surface area contributed by atoms with E-state index in [1.807, 2.05) is 31.0 Å². The van der Waals surface area contributed by atoms with Crippen molar-refractivity contribution in [2.24, 2.45) is 0 Å². The molecule has 112 valence electrons. The van der Waals surface area contributed by atoms with Crippen LogP contribution in [-0.4, -0.2) is 24.0 Å². The summed E-state index contributed by atoms with van der Waals surface area (Å²) in [6.07, 6.45) is 3.42. The molecule has 0 amide bonds. The van der Waals surface area contributed by atoms with Crippen LogP contribution in [0.3, 0.4) is 0 Å². The molecule has 21 heavy (non-hydrogen) atoms. The molecule has 5 heteroatoms. The summed E-state index contributed by atoms with van der Waals surface area (Å²) in [6, 6.07) is 6.36. The highest BCUT2D eigenvalue weighted by Gasteiger charge is 2.19. The topological polar surface area (TPSA) is 25.4 Å². The first-order chi connectivity index (χ1) is 10.0. The highest BCUT2D eigenvalue weighted by Crippen LogP contribution is 2.27. The van der Waals surface area contributed by atoms with Crippen LogP contribution in [-0.2, 0) is 6.54 Å². The van der Waals surface area contributed by atoms with Crippen molar-refractivity contribution in [1.29, 1.82) is 0 Å². The molecular weight excluding hydrogens is 274 g/mol. The zero-order chi connectivity index (χ0) is 15.4. The number of methoxy groups -OCH3 is 1. The molecule has 3 nitrogen and oxygen atoms in total. The van der Waals surface area contributed by atoms with E-state index in [2.05, 4.69) is 4.98 Å². The number of benzene rings is 1. The Balaban J connectivity index is 2.23. The lowest BCUT2D eigenvalue weighted by Crippen LogP contribution is -2.23. The van der Waals surface area contributed by atoms with Gasteiger partial charge in [-0.15, -0.1) is 0 Å². The first-order valence-electron chi connectivity index (χ1n) is 6.65. The monoisotopic (exact) mass is 292 g/mol. The van der Waals surface area contributed by atoms with Crippen LogP contribution in [0, 0.1) is 11.6 Å². The van der Waals surface area contributed by atoms with Gasteiger partial charge in [-0.05, 0) is 43.8 Å². The van der Waals surface area contributed by atoms with Crippen LogP contribution >= 0.6 is 0 Å². The molecule has 0 radical (unpaired) electrons. The van der Waals surface area contributed by atoms with Crippen molar-refractivity contribution in [2.45, 2.75) is 19.5 Å². The van der Waals surface area contributed by atoms with E-state index in [0.29, 0.717) is 5.75 Å². The molecule has 2 rings (SSSR count). The number of ether oxygens (including phenoxy) is 1. The number of hydrogen-bond donors (Lipinski definition) is 0. The summed E-state index contributed by atoms with van der Waals surface area (Å²) < 4.78 is 32.5. The Labute approximate surface area is 123 Å². The highest BCUT2D eigenvalue weighted by molar-refractivity contribution is 5.35. The minimum absolute atomic E-state index is 0.0420. The average Bonchev–Trinajstić information content (AvgIpc) is 2.52. The van der Waals surface area contributed by atoms with E-state index in [0.717, 1.165) is 11.6 Å². The second-order valence-corrected chi connectivity index (χ2v) is 4.91. The van der Waals surface area contributed by atoms with E-state index < -0.39 is 11.6 Å². The van der Waals surface area contributed by atoms with Crippen molar-refractivity contribution >= 4 is 0 Å². The van der Waals surface area contributed by atoms with E-state index in [1.54, 1.807) is 12.4 Å². The van der Waals surface area contributed by atoms with Gasteiger partial charge in [0.25, 0.3) is 0 Å². The quantitative estimate of drug-likeness (QED) is 0.842. The van der Waals surface area contributed by atoms with Gasteiger partial charge in [0.1, 0.15) is 5.75 Å². The molecule has 0 aliphatic rings.